The summed E-state index contributed by atoms with van der Waals surface area (Å²) < 4.78 is 15.4. The Morgan fingerprint density at radius 2 is 2.11 bits per heavy atom. The Morgan fingerprint density at radius 3 is 2.74 bits per heavy atom. The molecular weight excluding hydrogens is 393 g/mol. The second-order valence-corrected chi connectivity index (χ2v) is 6.93. The molecule has 0 radical (unpaired) electrons. The van der Waals surface area contributed by atoms with Crippen LogP contribution in [0.3, 0.4) is 0 Å². The minimum Gasteiger partial charge on any atom is -0.309 e. The highest BCUT2D eigenvalue weighted by Crippen LogP contribution is 2.30. The molecule has 1 unspecified atom stereocenters. The summed E-state index contributed by atoms with van der Waals surface area (Å²) in [5.41, 5.74) is 0.982. The molecule has 5 heteroatoms. The van der Waals surface area contributed by atoms with Crippen LogP contribution < -0.4 is 5.32 Å². The number of likely N-dealkylation sites (N-methyl/N-ethyl adjacent to an activating group) is 1. The number of nitrogens with one attached hydrogen (secondary N) is 1. The van der Waals surface area contributed by atoms with Gasteiger partial charge in [0.25, 0.3) is 0 Å². The molecule has 1 aromatic carbocycles. The molecule has 0 aliphatic carbocycles. The largest absolute Gasteiger partial charge is 0.309 e. The second kappa shape index (κ2) is 6.97. The number of thiophene rings is 1. The Hall–Kier alpha value is -0.230. The molecule has 0 bridgehead atoms. The minimum atomic E-state index is -0.194. The standard InChI is InChI=1S/C14H14Br2FNS/c1-2-18-13(14-7-10(15)8-19-14)6-9-5-11(17)3-4-12(9)16/h3-5,7-8,13,18H,2,6H2,1H3. The van der Waals surface area contributed by atoms with E-state index in [-0.39, 0.29) is 11.9 Å². The lowest BCUT2D eigenvalue weighted by molar-refractivity contribution is 0.553. The molecule has 102 valence electrons. The summed E-state index contributed by atoms with van der Waals surface area (Å²) in [5, 5.41) is 5.52. The normalized spacial score (nSPS) is 12.6. The third-order valence-electron chi connectivity index (χ3n) is 2.81. The van der Waals surface area contributed by atoms with Gasteiger partial charge in [0.1, 0.15) is 5.82 Å². The topological polar surface area (TPSA) is 12.0 Å². The van der Waals surface area contributed by atoms with E-state index in [0.717, 1.165) is 27.5 Å². The lowest BCUT2D eigenvalue weighted by Crippen LogP contribution is -2.22. The van der Waals surface area contributed by atoms with Crippen LogP contribution in [0, 0.1) is 5.82 Å². The molecule has 0 fully saturated rings. The predicted molar refractivity (Wildman–Crippen MR) is 86.2 cm³/mol. The maximum atomic E-state index is 13.3. The zero-order valence-corrected chi connectivity index (χ0v) is 14.4. The molecule has 0 saturated heterocycles. The predicted octanol–water partition coefficient (Wildman–Crippen LogP) is 5.31. The monoisotopic (exact) mass is 405 g/mol. The summed E-state index contributed by atoms with van der Waals surface area (Å²) in [6.07, 6.45) is 0.763. The van der Waals surface area contributed by atoms with E-state index in [4.69, 9.17) is 0 Å². The van der Waals surface area contributed by atoms with Gasteiger partial charge >= 0.3 is 0 Å². The van der Waals surface area contributed by atoms with Crippen molar-refractivity contribution in [3.8, 4) is 0 Å². The Morgan fingerprint density at radius 1 is 1.32 bits per heavy atom. The van der Waals surface area contributed by atoms with Crippen LogP contribution in [0.25, 0.3) is 0 Å². The molecule has 1 atom stereocenters. The van der Waals surface area contributed by atoms with Gasteiger partial charge in [0, 0.05) is 25.2 Å². The molecule has 0 saturated carbocycles. The molecule has 1 N–H and O–H groups in total. The SMILES string of the molecule is CCNC(Cc1cc(F)ccc1Br)c1cc(Br)cs1. The fourth-order valence-electron chi connectivity index (χ4n) is 1.95. The number of halogens is 3. The first-order chi connectivity index (χ1) is 9.10. The molecule has 1 heterocycles. The van der Waals surface area contributed by atoms with Gasteiger partial charge < -0.3 is 5.32 Å². The van der Waals surface area contributed by atoms with Gasteiger partial charge in [-0.25, -0.2) is 4.39 Å². The molecule has 1 aromatic heterocycles. The van der Waals surface area contributed by atoms with E-state index in [1.165, 1.54) is 10.9 Å². The summed E-state index contributed by atoms with van der Waals surface area (Å²) in [6.45, 7) is 2.96. The first-order valence-corrected chi connectivity index (χ1v) is 8.48. The van der Waals surface area contributed by atoms with Gasteiger partial charge in [-0.15, -0.1) is 11.3 Å². The average molecular weight is 407 g/mol. The van der Waals surface area contributed by atoms with Crippen molar-refractivity contribution in [2.45, 2.75) is 19.4 Å². The molecule has 0 aliphatic heterocycles. The fourth-order valence-corrected chi connectivity index (χ4v) is 3.88. The van der Waals surface area contributed by atoms with Crippen molar-refractivity contribution in [3.05, 3.63) is 54.8 Å². The Labute approximate surface area is 133 Å². The summed E-state index contributed by atoms with van der Waals surface area (Å²) in [6, 6.07) is 7.15. The summed E-state index contributed by atoms with van der Waals surface area (Å²) in [5.74, 6) is -0.194. The third-order valence-corrected chi connectivity index (χ3v) is 5.39. The molecule has 19 heavy (non-hydrogen) atoms. The quantitative estimate of drug-likeness (QED) is 0.709. The maximum Gasteiger partial charge on any atom is 0.123 e. The lowest BCUT2D eigenvalue weighted by Gasteiger charge is -2.17. The molecule has 1 nitrogen and oxygen atoms in total. The van der Waals surface area contributed by atoms with E-state index >= 15 is 0 Å². The van der Waals surface area contributed by atoms with Crippen molar-refractivity contribution in [1.82, 2.24) is 5.32 Å². The highest BCUT2D eigenvalue weighted by Gasteiger charge is 2.15. The average Bonchev–Trinajstić information content (AvgIpc) is 2.80. The van der Waals surface area contributed by atoms with Crippen molar-refractivity contribution in [1.29, 1.82) is 0 Å². The second-order valence-electron chi connectivity index (χ2n) is 4.22. The molecule has 0 spiro atoms. The van der Waals surface area contributed by atoms with E-state index in [0.29, 0.717) is 0 Å². The lowest BCUT2D eigenvalue weighted by atomic mass is 10.0. The molecule has 2 aromatic rings. The van der Waals surface area contributed by atoms with Crippen LogP contribution in [0.2, 0.25) is 0 Å². The Bertz CT molecular complexity index is 556. The van der Waals surface area contributed by atoms with Crippen molar-refractivity contribution in [2.75, 3.05) is 6.54 Å². The van der Waals surface area contributed by atoms with E-state index < -0.39 is 0 Å². The van der Waals surface area contributed by atoms with Gasteiger partial charge in [-0.05, 0) is 58.7 Å². The highest BCUT2D eigenvalue weighted by molar-refractivity contribution is 9.10. The van der Waals surface area contributed by atoms with E-state index in [1.54, 1.807) is 23.5 Å². The van der Waals surface area contributed by atoms with Gasteiger partial charge in [-0.1, -0.05) is 22.9 Å². The van der Waals surface area contributed by atoms with E-state index in [9.17, 15) is 4.39 Å². The van der Waals surface area contributed by atoms with Gasteiger partial charge in [0.2, 0.25) is 0 Å². The summed E-state index contributed by atoms with van der Waals surface area (Å²) in [7, 11) is 0. The van der Waals surface area contributed by atoms with Crippen LogP contribution in [0.5, 0.6) is 0 Å². The summed E-state index contributed by atoms with van der Waals surface area (Å²) >= 11 is 8.67. The maximum absolute atomic E-state index is 13.3. The van der Waals surface area contributed by atoms with E-state index in [2.05, 4.69) is 55.5 Å². The van der Waals surface area contributed by atoms with Gasteiger partial charge in [-0.3, -0.25) is 0 Å². The van der Waals surface area contributed by atoms with Crippen LogP contribution in [0.1, 0.15) is 23.4 Å². The zero-order chi connectivity index (χ0) is 13.8. The Balaban J connectivity index is 2.23. The first-order valence-electron chi connectivity index (χ1n) is 6.01. The molecule has 2 rings (SSSR count). The molecule has 0 amide bonds. The van der Waals surface area contributed by atoms with E-state index in [1.807, 2.05) is 0 Å². The fraction of sp³-hybridized carbons (Fsp3) is 0.286. The minimum absolute atomic E-state index is 0.194. The van der Waals surface area contributed by atoms with Crippen LogP contribution in [-0.2, 0) is 6.42 Å². The van der Waals surface area contributed by atoms with Crippen LogP contribution in [0.15, 0.2) is 38.6 Å². The van der Waals surface area contributed by atoms with Crippen molar-refractivity contribution >= 4 is 43.2 Å². The van der Waals surface area contributed by atoms with Crippen LogP contribution in [-0.4, -0.2) is 6.54 Å². The first kappa shape index (κ1) is 15.2. The molecule has 0 aliphatic rings. The van der Waals surface area contributed by atoms with Crippen molar-refractivity contribution in [3.63, 3.8) is 0 Å². The third kappa shape index (κ3) is 4.12. The van der Waals surface area contributed by atoms with Gasteiger partial charge in [-0.2, -0.15) is 0 Å². The van der Waals surface area contributed by atoms with Gasteiger partial charge in [0.05, 0.1) is 0 Å². The van der Waals surface area contributed by atoms with Crippen molar-refractivity contribution < 1.29 is 4.39 Å². The number of rotatable bonds is 5. The van der Waals surface area contributed by atoms with Crippen molar-refractivity contribution in [2.24, 2.45) is 0 Å². The van der Waals surface area contributed by atoms with Gasteiger partial charge in [0.15, 0.2) is 0 Å². The highest BCUT2D eigenvalue weighted by atomic mass is 79.9. The van der Waals surface area contributed by atoms with Crippen LogP contribution in [0.4, 0.5) is 4.39 Å². The number of hydrogen-bond donors (Lipinski definition) is 1. The summed E-state index contributed by atoms with van der Waals surface area (Å²) in [4.78, 5) is 1.25. The smallest absolute Gasteiger partial charge is 0.123 e. The molecular formula is C14H14Br2FNS. The van der Waals surface area contributed by atoms with Crippen LogP contribution >= 0.6 is 43.2 Å². The number of hydrogen-bond acceptors (Lipinski definition) is 2. The Kier molecular flexibility index (Phi) is 5.57. The zero-order valence-electron chi connectivity index (χ0n) is 10.4. The number of benzene rings is 1.